The Hall–Kier alpha value is -3.59. The van der Waals surface area contributed by atoms with Crippen molar-refractivity contribution in [2.24, 2.45) is 5.92 Å². The van der Waals surface area contributed by atoms with Crippen molar-refractivity contribution in [3.8, 4) is 0 Å². The van der Waals surface area contributed by atoms with Crippen LogP contribution in [0.2, 0.25) is 0 Å². The molecular weight excluding hydrogens is 520 g/mol. The molecule has 2 aliphatic heterocycles. The number of rotatable bonds is 9. The second kappa shape index (κ2) is 12.3. The summed E-state index contributed by atoms with van der Waals surface area (Å²) in [6, 6.07) is 3.52. The number of amides is 4. The van der Waals surface area contributed by atoms with Crippen LogP contribution in [0, 0.1) is 11.7 Å². The number of carbonyl (C=O) groups is 5. The van der Waals surface area contributed by atoms with Gasteiger partial charge in [0, 0.05) is 38.5 Å². The fourth-order valence-electron chi connectivity index (χ4n) is 4.12. The van der Waals surface area contributed by atoms with Gasteiger partial charge in [0.15, 0.2) is 5.78 Å². The number of Topliss-reactive ketones (excluding diaryl/α,β-unsaturated/α-hetero) is 1. The van der Waals surface area contributed by atoms with Gasteiger partial charge in [-0.05, 0) is 25.0 Å². The largest absolute Gasteiger partial charge is 0.522 e. The minimum absolute atomic E-state index is 0.0243. The second-order valence-electron chi connectivity index (χ2n) is 8.82. The van der Waals surface area contributed by atoms with E-state index in [9.17, 15) is 41.5 Å². The maximum absolute atomic E-state index is 13.9. The number of carbonyl (C=O) groups excluding carboxylic acids is 5. The summed E-state index contributed by atoms with van der Waals surface area (Å²) in [7, 11) is 0. The first-order valence-corrected chi connectivity index (χ1v) is 11.7. The summed E-state index contributed by atoms with van der Waals surface area (Å²) < 4.78 is 60.2. The van der Waals surface area contributed by atoms with Gasteiger partial charge in [-0.25, -0.2) is 4.39 Å². The number of benzene rings is 1. The zero-order valence-corrected chi connectivity index (χ0v) is 20.0. The average molecular weight is 546 g/mol. The molecule has 11 nitrogen and oxygen atoms in total. The van der Waals surface area contributed by atoms with Gasteiger partial charge in [0.05, 0.1) is 11.7 Å². The number of anilines is 1. The molecule has 1 aromatic rings. The van der Waals surface area contributed by atoms with Crippen LogP contribution in [-0.2, 0) is 33.4 Å². The van der Waals surface area contributed by atoms with Gasteiger partial charge in [-0.1, -0.05) is 12.1 Å². The van der Waals surface area contributed by atoms with Gasteiger partial charge in [0.1, 0.15) is 18.0 Å². The highest BCUT2D eigenvalue weighted by molar-refractivity contribution is 6.40. The molecule has 1 aromatic carbocycles. The van der Waals surface area contributed by atoms with Gasteiger partial charge in [-0.3, -0.25) is 28.7 Å². The average Bonchev–Trinajstić information content (AvgIpc) is 3.27. The van der Waals surface area contributed by atoms with Gasteiger partial charge in [0.25, 0.3) is 0 Å². The molecule has 0 bridgehead atoms. The van der Waals surface area contributed by atoms with Crippen molar-refractivity contribution in [1.82, 2.24) is 16.0 Å². The molecule has 4 amide bonds. The van der Waals surface area contributed by atoms with Crippen LogP contribution in [0.1, 0.15) is 25.7 Å². The highest BCUT2D eigenvalue weighted by Crippen LogP contribution is 2.24. The first-order chi connectivity index (χ1) is 17.9. The van der Waals surface area contributed by atoms with Crippen LogP contribution in [0.25, 0.3) is 0 Å². The molecular formula is C23H26F4N4O7. The zero-order valence-electron chi connectivity index (χ0n) is 20.0. The molecule has 2 fully saturated rings. The molecule has 3 rings (SSSR count). The predicted molar refractivity (Wildman–Crippen MR) is 121 cm³/mol. The van der Waals surface area contributed by atoms with E-state index in [2.05, 4.69) is 26.0 Å². The molecule has 0 aromatic heterocycles. The van der Waals surface area contributed by atoms with E-state index in [0.29, 0.717) is 13.0 Å². The number of hydrogen-bond acceptors (Lipinski definition) is 7. The Labute approximate surface area is 214 Å². The Morgan fingerprint density at radius 2 is 1.82 bits per heavy atom. The Morgan fingerprint density at radius 1 is 1.13 bits per heavy atom. The van der Waals surface area contributed by atoms with Crippen molar-refractivity contribution in [2.75, 3.05) is 31.7 Å². The highest BCUT2D eigenvalue weighted by Gasteiger charge is 2.45. The molecule has 38 heavy (non-hydrogen) atoms. The lowest BCUT2D eigenvalue weighted by atomic mass is 9.87. The minimum Gasteiger partial charge on any atom is -0.381 e. The van der Waals surface area contributed by atoms with E-state index in [1.54, 1.807) is 0 Å². The molecule has 15 heteroatoms. The normalized spacial score (nSPS) is 19.7. The predicted octanol–water partition coefficient (Wildman–Crippen LogP) is 0.546. The number of para-hydroxylation sites is 1. The molecule has 2 saturated heterocycles. The lowest BCUT2D eigenvalue weighted by Gasteiger charge is -2.37. The van der Waals surface area contributed by atoms with Crippen molar-refractivity contribution in [3.63, 3.8) is 0 Å². The fourth-order valence-corrected chi connectivity index (χ4v) is 4.12. The summed E-state index contributed by atoms with van der Waals surface area (Å²) in [5.74, 6) is -6.63. The molecule has 0 aliphatic carbocycles. The van der Waals surface area contributed by atoms with Crippen LogP contribution in [0.3, 0.4) is 0 Å². The number of ketones is 1. The van der Waals surface area contributed by atoms with Crippen LogP contribution < -0.4 is 21.3 Å². The molecule has 4 N–H and O–H groups in total. The fraction of sp³-hybridized carbons (Fsp3) is 0.522. The third-order valence-corrected chi connectivity index (χ3v) is 6.22. The topological polar surface area (TPSA) is 152 Å². The lowest BCUT2D eigenvalue weighted by molar-refractivity contribution is -0.321. The highest BCUT2D eigenvalue weighted by atomic mass is 19.4. The second-order valence-corrected chi connectivity index (χ2v) is 8.82. The van der Waals surface area contributed by atoms with Crippen LogP contribution in [-0.4, -0.2) is 73.7 Å². The summed E-state index contributed by atoms with van der Waals surface area (Å²) in [4.78, 5) is 63.0. The van der Waals surface area contributed by atoms with Crippen molar-refractivity contribution in [3.05, 3.63) is 30.1 Å². The van der Waals surface area contributed by atoms with E-state index in [1.165, 1.54) is 18.2 Å². The molecule has 2 aliphatic rings. The first-order valence-electron chi connectivity index (χ1n) is 11.7. The molecule has 1 unspecified atom stereocenters. The SMILES string of the molecule is O=C(Nc1ccccc1F)C(=O)NC1(C(=O)NC(C[C@@H]2CCNC2=O)C(=O)COC(F)(F)F)CCOCC1. The smallest absolute Gasteiger partial charge is 0.381 e. The van der Waals surface area contributed by atoms with Gasteiger partial charge in [-0.15, -0.1) is 13.2 Å². The van der Waals surface area contributed by atoms with E-state index in [4.69, 9.17) is 4.74 Å². The summed E-state index contributed by atoms with van der Waals surface area (Å²) in [5.41, 5.74) is -2.05. The quantitative estimate of drug-likeness (QED) is 0.261. The number of hydrogen-bond donors (Lipinski definition) is 4. The van der Waals surface area contributed by atoms with E-state index in [-0.39, 0.29) is 38.2 Å². The third-order valence-electron chi connectivity index (χ3n) is 6.22. The summed E-state index contributed by atoms with van der Waals surface area (Å²) >= 11 is 0. The van der Waals surface area contributed by atoms with E-state index in [0.717, 1.165) is 6.07 Å². The van der Waals surface area contributed by atoms with E-state index < -0.39 is 65.7 Å². The van der Waals surface area contributed by atoms with Gasteiger partial charge in [0.2, 0.25) is 11.8 Å². The number of ether oxygens (including phenoxy) is 2. The van der Waals surface area contributed by atoms with Gasteiger partial charge in [-0.2, -0.15) is 0 Å². The number of nitrogens with one attached hydrogen (secondary N) is 4. The van der Waals surface area contributed by atoms with Crippen molar-refractivity contribution in [2.45, 2.75) is 43.6 Å². The molecule has 2 atom stereocenters. The van der Waals surface area contributed by atoms with Crippen molar-refractivity contribution >= 4 is 35.1 Å². The summed E-state index contributed by atoms with van der Waals surface area (Å²) in [5, 5.41) is 9.27. The Bertz CT molecular complexity index is 1080. The summed E-state index contributed by atoms with van der Waals surface area (Å²) in [6.07, 6.45) is -5.38. The Kier molecular flexibility index (Phi) is 9.38. The van der Waals surface area contributed by atoms with Crippen LogP contribution in [0.4, 0.5) is 23.2 Å². The first kappa shape index (κ1) is 29.0. The summed E-state index contributed by atoms with van der Waals surface area (Å²) in [6.45, 7) is -1.16. The van der Waals surface area contributed by atoms with Crippen LogP contribution in [0.5, 0.6) is 0 Å². The zero-order chi connectivity index (χ0) is 27.9. The van der Waals surface area contributed by atoms with Crippen LogP contribution >= 0.6 is 0 Å². The Morgan fingerprint density at radius 3 is 2.42 bits per heavy atom. The standard InChI is InChI=1S/C23H26F4N4O7/c24-14-3-1-2-4-15(14)29-19(34)20(35)31-22(6-9-37-10-7-22)21(36)30-16(11-13-5-8-28-18(13)33)17(32)12-38-23(25,26)27/h1-4,13,16H,5-12H2,(H,28,33)(H,29,34)(H,30,36)(H,31,35)/t13-,16?/m0/s1. The molecule has 0 spiro atoms. The van der Waals surface area contributed by atoms with Gasteiger partial charge < -0.3 is 26.0 Å². The van der Waals surface area contributed by atoms with Gasteiger partial charge >= 0.3 is 18.2 Å². The monoisotopic (exact) mass is 546 g/mol. The minimum atomic E-state index is -5.10. The Balaban J connectivity index is 1.76. The van der Waals surface area contributed by atoms with E-state index >= 15 is 0 Å². The lowest BCUT2D eigenvalue weighted by Crippen LogP contribution is -2.64. The van der Waals surface area contributed by atoms with Crippen molar-refractivity contribution in [1.29, 1.82) is 0 Å². The molecule has 2 heterocycles. The molecule has 0 saturated carbocycles. The third kappa shape index (κ3) is 7.71. The van der Waals surface area contributed by atoms with Crippen molar-refractivity contribution < 1.29 is 51.0 Å². The van der Waals surface area contributed by atoms with Crippen LogP contribution in [0.15, 0.2) is 24.3 Å². The maximum Gasteiger partial charge on any atom is 0.522 e. The van der Waals surface area contributed by atoms with E-state index in [1.807, 2.05) is 0 Å². The number of halogens is 4. The number of alkyl halides is 3. The maximum atomic E-state index is 13.9. The molecule has 0 radical (unpaired) electrons. The molecule has 208 valence electrons.